The highest BCUT2D eigenvalue weighted by Gasteiger charge is 2.07. The van der Waals surface area contributed by atoms with Gasteiger partial charge in [0.15, 0.2) is 5.13 Å². The van der Waals surface area contributed by atoms with Crippen LogP contribution in [-0.2, 0) is 4.79 Å². The molecular formula is C14H16N2O2S. The predicted octanol–water partition coefficient (Wildman–Crippen LogP) is 3.17. The van der Waals surface area contributed by atoms with Gasteiger partial charge in [0.1, 0.15) is 5.75 Å². The number of ether oxygens (including phenoxy) is 1. The molecule has 19 heavy (non-hydrogen) atoms. The summed E-state index contributed by atoms with van der Waals surface area (Å²) in [5.74, 6) is 0.695. The van der Waals surface area contributed by atoms with Gasteiger partial charge >= 0.3 is 0 Å². The van der Waals surface area contributed by atoms with E-state index in [9.17, 15) is 4.79 Å². The van der Waals surface area contributed by atoms with Crippen LogP contribution < -0.4 is 10.1 Å². The predicted molar refractivity (Wildman–Crippen MR) is 76.8 cm³/mol. The van der Waals surface area contributed by atoms with Gasteiger partial charge in [-0.15, -0.1) is 11.3 Å². The molecule has 0 atom stereocenters. The minimum Gasteiger partial charge on any atom is -0.493 e. The Morgan fingerprint density at radius 2 is 2.05 bits per heavy atom. The number of hydrogen-bond donors (Lipinski definition) is 1. The Morgan fingerprint density at radius 3 is 2.68 bits per heavy atom. The average molecular weight is 276 g/mol. The van der Waals surface area contributed by atoms with Crippen molar-refractivity contribution in [3.05, 3.63) is 40.9 Å². The van der Waals surface area contributed by atoms with Crippen LogP contribution in [0.3, 0.4) is 0 Å². The molecule has 1 aromatic carbocycles. The van der Waals surface area contributed by atoms with E-state index < -0.39 is 0 Å². The third-order valence-electron chi connectivity index (χ3n) is 2.62. The summed E-state index contributed by atoms with van der Waals surface area (Å²) in [5, 5.41) is 3.43. The Bertz CT molecular complexity index is 532. The number of para-hydroxylation sites is 1. The molecule has 0 bridgehead atoms. The molecule has 0 saturated carbocycles. The zero-order valence-corrected chi connectivity index (χ0v) is 11.8. The number of anilines is 1. The first kappa shape index (κ1) is 13.5. The molecule has 5 heteroatoms. The maximum atomic E-state index is 11.7. The normalized spacial score (nSPS) is 10.2. The fourth-order valence-electron chi connectivity index (χ4n) is 1.49. The number of carbonyl (C=O) groups is 1. The van der Waals surface area contributed by atoms with E-state index in [1.54, 1.807) is 0 Å². The Labute approximate surface area is 116 Å². The summed E-state index contributed by atoms with van der Waals surface area (Å²) in [7, 11) is 0. The molecule has 1 amide bonds. The van der Waals surface area contributed by atoms with Gasteiger partial charge in [-0.2, -0.15) is 0 Å². The van der Waals surface area contributed by atoms with Crippen molar-refractivity contribution in [2.24, 2.45) is 0 Å². The Balaban J connectivity index is 1.76. The van der Waals surface area contributed by atoms with Crippen LogP contribution in [-0.4, -0.2) is 17.5 Å². The van der Waals surface area contributed by atoms with E-state index in [1.807, 2.05) is 44.2 Å². The van der Waals surface area contributed by atoms with Crippen LogP contribution in [0.1, 0.15) is 17.0 Å². The molecule has 4 nitrogen and oxygen atoms in total. The number of amides is 1. The van der Waals surface area contributed by atoms with Crippen LogP contribution in [0.5, 0.6) is 5.75 Å². The largest absolute Gasteiger partial charge is 0.493 e. The van der Waals surface area contributed by atoms with Crippen LogP contribution in [0.4, 0.5) is 5.13 Å². The zero-order valence-electron chi connectivity index (χ0n) is 11.0. The van der Waals surface area contributed by atoms with E-state index in [4.69, 9.17) is 4.74 Å². The molecule has 0 aliphatic rings. The van der Waals surface area contributed by atoms with Crippen LogP contribution in [0.2, 0.25) is 0 Å². The summed E-state index contributed by atoms with van der Waals surface area (Å²) < 4.78 is 5.47. The van der Waals surface area contributed by atoms with E-state index in [0.717, 1.165) is 16.3 Å². The van der Waals surface area contributed by atoms with Crippen LogP contribution in [0, 0.1) is 13.8 Å². The van der Waals surface area contributed by atoms with Gasteiger partial charge in [-0.1, -0.05) is 18.2 Å². The van der Waals surface area contributed by atoms with Gasteiger partial charge < -0.3 is 10.1 Å². The van der Waals surface area contributed by atoms with Crippen molar-refractivity contribution in [2.75, 3.05) is 11.9 Å². The number of nitrogens with zero attached hydrogens (tertiary/aromatic N) is 1. The molecule has 2 rings (SSSR count). The lowest BCUT2D eigenvalue weighted by molar-refractivity contribution is -0.116. The highest BCUT2D eigenvalue weighted by Crippen LogP contribution is 2.21. The van der Waals surface area contributed by atoms with Crippen molar-refractivity contribution < 1.29 is 9.53 Å². The van der Waals surface area contributed by atoms with Crippen LogP contribution in [0.15, 0.2) is 30.3 Å². The Kier molecular flexibility index (Phi) is 4.52. The molecule has 1 aromatic heterocycles. The van der Waals surface area contributed by atoms with E-state index in [1.165, 1.54) is 11.3 Å². The number of nitrogens with one attached hydrogen (secondary N) is 1. The van der Waals surface area contributed by atoms with Crippen molar-refractivity contribution >= 4 is 22.4 Å². The highest BCUT2D eigenvalue weighted by molar-refractivity contribution is 7.15. The molecule has 0 unspecified atom stereocenters. The van der Waals surface area contributed by atoms with E-state index >= 15 is 0 Å². The molecule has 100 valence electrons. The fraction of sp³-hybridized carbons (Fsp3) is 0.286. The number of benzene rings is 1. The SMILES string of the molecule is Cc1nc(NC(=O)CCOc2ccccc2)sc1C. The molecule has 0 aliphatic heterocycles. The number of aryl methyl sites for hydroxylation is 2. The molecule has 0 saturated heterocycles. The van der Waals surface area contributed by atoms with Gasteiger partial charge in [-0.05, 0) is 26.0 Å². The number of aromatic nitrogens is 1. The second-order valence-corrected chi connectivity index (χ2v) is 5.32. The number of rotatable bonds is 5. The molecule has 0 fully saturated rings. The zero-order chi connectivity index (χ0) is 13.7. The van der Waals surface area contributed by atoms with Gasteiger partial charge in [-0.3, -0.25) is 4.79 Å². The van der Waals surface area contributed by atoms with Gasteiger partial charge in [0.25, 0.3) is 0 Å². The second-order valence-electron chi connectivity index (χ2n) is 4.12. The smallest absolute Gasteiger partial charge is 0.229 e. The minimum absolute atomic E-state index is 0.0790. The maximum Gasteiger partial charge on any atom is 0.229 e. The fourth-order valence-corrected chi connectivity index (χ4v) is 2.32. The average Bonchev–Trinajstić information content (AvgIpc) is 2.69. The number of carbonyl (C=O) groups excluding carboxylic acids is 1. The van der Waals surface area contributed by atoms with Crippen molar-refractivity contribution in [2.45, 2.75) is 20.3 Å². The summed E-state index contributed by atoms with van der Waals surface area (Å²) in [6.45, 7) is 4.28. The first-order chi connectivity index (χ1) is 9.15. The minimum atomic E-state index is -0.0790. The third kappa shape index (κ3) is 4.06. The Hall–Kier alpha value is -1.88. The standard InChI is InChI=1S/C14H16N2O2S/c1-10-11(2)19-14(15-10)16-13(17)8-9-18-12-6-4-3-5-7-12/h3-7H,8-9H2,1-2H3,(H,15,16,17). The third-order valence-corrected chi connectivity index (χ3v) is 3.60. The molecule has 0 spiro atoms. The number of thiazole rings is 1. The molecule has 0 radical (unpaired) electrons. The van der Waals surface area contributed by atoms with Crippen molar-refractivity contribution in [1.82, 2.24) is 4.98 Å². The molecule has 1 heterocycles. The lowest BCUT2D eigenvalue weighted by Gasteiger charge is -2.05. The molecule has 1 N–H and O–H groups in total. The first-order valence-corrected chi connectivity index (χ1v) is 6.88. The second kappa shape index (κ2) is 6.33. The summed E-state index contributed by atoms with van der Waals surface area (Å²) in [4.78, 5) is 17.1. The van der Waals surface area contributed by atoms with E-state index in [2.05, 4.69) is 10.3 Å². The lowest BCUT2D eigenvalue weighted by atomic mass is 10.3. The quantitative estimate of drug-likeness (QED) is 0.912. The van der Waals surface area contributed by atoms with Crippen molar-refractivity contribution in [3.8, 4) is 5.75 Å². The van der Waals surface area contributed by atoms with E-state index in [0.29, 0.717) is 18.2 Å². The summed E-state index contributed by atoms with van der Waals surface area (Å²) >= 11 is 1.49. The molecule has 0 aliphatic carbocycles. The van der Waals surface area contributed by atoms with Gasteiger partial charge in [-0.25, -0.2) is 4.98 Å². The van der Waals surface area contributed by atoms with Crippen LogP contribution >= 0.6 is 11.3 Å². The molecule has 2 aromatic rings. The summed E-state index contributed by atoms with van der Waals surface area (Å²) in [6, 6.07) is 9.46. The van der Waals surface area contributed by atoms with Gasteiger partial charge in [0.05, 0.1) is 18.7 Å². The van der Waals surface area contributed by atoms with Crippen molar-refractivity contribution in [1.29, 1.82) is 0 Å². The van der Waals surface area contributed by atoms with Crippen LogP contribution in [0.25, 0.3) is 0 Å². The highest BCUT2D eigenvalue weighted by atomic mass is 32.1. The summed E-state index contributed by atoms with van der Waals surface area (Å²) in [6.07, 6.45) is 0.312. The number of hydrogen-bond acceptors (Lipinski definition) is 4. The lowest BCUT2D eigenvalue weighted by Crippen LogP contribution is -2.15. The molecular weight excluding hydrogens is 260 g/mol. The van der Waals surface area contributed by atoms with Gasteiger partial charge in [0, 0.05) is 4.88 Å². The maximum absolute atomic E-state index is 11.7. The monoisotopic (exact) mass is 276 g/mol. The Morgan fingerprint density at radius 1 is 1.32 bits per heavy atom. The van der Waals surface area contributed by atoms with Gasteiger partial charge in [0.2, 0.25) is 5.91 Å². The topological polar surface area (TPSA) is 51.2 Å². The summed E-state index contributed by atoms with van der Waals surface area (Å²) in [5.41, 5.74) is 0.959. The first-order valence-electron chi connectivity index (χ1n) is 6.07. The van der Waals surface area contributed by atoms with E-state index in [-0.39, 0.29) is 5.91 Å². The van der Waals surface area contributed by atoms with Crippen molar-refractivity contribution in [3.63, 3.8) is 0 Å².